The monoisotopic (exact) mass is 526 g/mol. The third kappa shape index (κ3) is 4.70. The molecule has 1 aliphatic heterocycles. The van der Waals surface area contributed by atoms with E-state index in [1.54, 1.807) is 54.0 Å². The van der Waals surface area contributed by atoms with E-state index in [-0.39, 0.29) is 11.8 Å². The number of nitrogens with zero attached hydrogens (tertiary/aromatic N) is 1. The first-order valence-electron chi connectivity index (χ1n) is 11.1. The Morgan fingerprint density at radius 2 is 1.58 bits per heavy atom. The van der Waals surface area contributed by atoms with Crippen LogP contribution in [0.2, 0.25) is 5.02 Å². The second-order valence-corrected chi connectivity index (χ2v) is 9.56. The van der Waals surface area contributed by atoms with Crippen molar-refractivity contribution in [2.75, 3.05) is 39.9 Å². The molecular weight excluding hydrogens is 500 g/mol. The highest BCUT2D eigenvalue weighted by Crippen LogP contribution is 2.46. The molecule has 1 heterocycles. The third-order valence-corrected chi connectivity index (χ3v) is 7.31. The van der Waals surface area contributed by atoms with Crippen LogP contribution in [0, 0.1) is 0 Å². The minimum Gasteiger partial charge on any atom is -0.495 e. The number of halogens is 1. The SMILES string of the molecule is COc1ccc(Cl)cc1NC(=O)[C@H]1c2cc(OC)c(OC)cc2C(=O)N(C)[C@H]1c1ccc(SC)cc1. The number of carbonyl (C=O) groups excluding carboxylic acids is 2. The van der Waals surface area contributed by atoms with Crippen LogP contribution in [0.3, 0.4) is 0 Å². The fourth-order valence-corrected chi connectivity index (χ4v) is 5.12. The molecule has 0 radical (unpaired) electrons. The molecule has 1 N–H and O–H groups in total. The van der Waals surface area contributed by atoms with Crippen LogP contribution in [0.25, 0.3) is 0 Å². The van der Waals surface area contributed by atoms with E-state index in [2.05, 4.69) is 5.32 Å². The quantitative estimate of drug-likeness (QED) is 0.402. The van der Waals surface area contributed by atoms with Gasteiger partial charge in [-0.1, -0.05) is 23.7 Å². The van der Waals surface area contributed by atoms with Crippen molar-refractivity contribution in [3.8, 4) is 17.2 Å². The number of amides is 2. The molecular formula is C27H27ClN2O5S. The zero-order valence-corrected chi connectivity index (χ0v) is 22.2. The number of rotatable bonds is 7. The zero-order valence-electron chi connectivity index (χ0n) is 20.6. The maximum atomic E-state index is 14.0. The molecule has 0 spiro atoms. The van der Waals surface area contributed by atoms with Crippen molar-refractivity contribution >= 4 is 40.9 Å². The first-order valence-corrected chi connectivity index (χ1v) is 12.7. The summed E-state index contributed by atoms with van der Waals surface area (Å²) in [6.07, 6.45) is 2.00. The molecule has 7 nitrogen and oxygen atoms in total. The van der Waals surface area contributed by atoms with Gasteiger partial charge in [0.05, 0.1) is 39.0 Å². The van der Waals surface area contributed by atoms with Gasteiger partial charge in [-0.2, -0.15) is 0 Å². The molecule has 188 valence electrons. The summed E-state index contributed by atoms with van der Waals surface area (Å²) in [5.41, 5.74) is 2.20. The zero-order chi connectivity index (χ0) is 26.0. The molecule has 0 aliphatic carbocycles. The molecule has 3 aromatic carbocycles. The summed E-state index contributed by atoms with van der Waals surface area (Å²) in [4.78, 5) is 30.2. The molecule has 2 atom stereocenters. The van der Waals surface area contributed by atoms with Gasteiger partial charge in [-0.25, -0.2) is 0 Å². The molecule has 4 rings (SSSR count). The van der Waals surface area contributed by atoms with Crippen molar-refractivity contribution in [3.05, 3.63) is 76.3 Å². The van der Waals surface area contributed by atoms with Gasteiger partial charge >= 0.3 is 0 Å². The van der Waals surface area contributed by atoms with E-state index >= 15 is 0 Å². The Morgan fingerprint density at radius 1 is 0.944 bits per heavy atom. The van der Waals surface area contributed by atoms with Crippen LogP contribution in [0.15, 0.2) is 59.5 Å². The fourth-order valence-electron chi connectivity index (χ4n) is 4.54. The maximum Gasteiger partial charge on any atom is 0.254 e. The van der Waals surface area contributed by atoms with Crippen molar-refractivity contribution in [2.45, 2.75) is 16.9 Å². The summed E-state index contributed by atoms with van der Waals surface area (Å²) in [5.74, 6) is 0.0315. The molecule has 0 bridgehead atoms. The highest BCUT2D eigenvalue weighted by molar-refractivity contribution is 7.98. The molecule has 0 unspecified atom stereocenters. The van der Waals surface area contributed by atoms with Gasteiger partial charge in [0, 0.05) is 22.5 Å². The number of carbonyl (C=O) groups is 2. The third-order valence-electron chi connectivity index (χ3n) is 6.33. The average molecular weight is 527 g/mol. The Kier molecular flexibility index (Phi) is 7.66. The van der Waals surface area contributed by atoms with Crippen molar-refractivity contribution < 1.29 is 23.8 Å². The van der Waals surface area contributed by atoms with Gasteiger partial charge in [0.25, 0.3) is 5.91 Å². The van der Waals surface area contributed by atoms with E-state index < -0.39 is 12.0 Å². The molecule has 0 saturated carbocycles. The van der Waals surface area contributed by atoms with Crippen molar-refractivity contribution in [2.24, 2.45) is 0 Å². The second kappa shape index (κ2) is 10.7. The summed E-state index contributed by atoms with van der Waals surface area (Å²) < 4.78 is 16.4. The number of methoxy groups -OCH3 is 3. The van der Waals surface area contributed by atoms with Gasteiger partial charge in [0.2, 0.25) is 5.91 Å². The Morgan fingerprint density at radius 3 is 2.19 bits per heavy atom. The highest BCUT2D eigenvalue weighted by atomic mass is 35.5. The smallest absolute Gasteiger partial charge is 0.254 e. The normalized spacial score (nSPS) is 16.8. The maximum absolute atomic E-state index is 14.0. The summed E-state index contributed by atoms with van der Waals surface area (Å²) in [5, 5.41) is 3.43. The summed E-state index contributed by atoms with van der Waals surface area (Å²) in [7, 11) is 6.25. The average Bonchev–Trinajstić information content (AvgIpc) is 2.90. The first kappa shape index (κ1) is 25.7. The molecule has 0 aromatic heterocycles. The minimum absolute atomic E-state index is 0.214. The van der Waals surface area contributed by atoms with Crippen molar-refractivity contribution in [3.63, 3.8) is 0 Å². The Hall–Kier alpha value is -3.36. The minimum atomic E-state index is -0.758. The van der Waals surface area contributed by atoms with Crippen LogP contribution in [0.4, 0.5) is 5.69 Å². The van der Waals surface area contributed by atoms with E-state index in [0.29, 0.717) is 39.1 Å². The van der Waals surface area contributed by atoms with Crippen LogP contribution >= 0.6 is 23.4 Å². The molecule has 0 fully saturated rings. The molecule has 9 heteroatoms. The standard InChI is InChI=1S/C27H27ClN2O5S/c1-30-25(15-6-9-17(36-5)10-7-15)24(26(31)29-20-12-16(28)8-11-21(20)33-2)18-13-22(34-3)23(35-4)14-19(18)27(30)32/h6-14,24-25H,1-5H3,(H,29,31)/t24-,25-/m0/s1. The lowest BCUT2D eigenvalue weighted by Crippen LogP contribution is -2.44. The number of anilines is 1. The largest absolute Gasteiger partial charge is 0.495 e. The number of nitrogens with one attached hydrogen (secondary N) is 1. The number of thioether (sulfide) groups is 1. The van der Waals surface area contributed by atoms with Gasteiger partial charge < -0.3 is 24.4 Å². The second-order valence-electron chi connectivity index (χ2n) is 8.24. The molecule has 2 amide bonds. The Labute approximate surface area is 219 Å². The van der Waals surface area contributed by atoms with E-state index in [9.17, 15) is 9.59 Å². The fraction of sp³-hybridized carbons (Fsp3) is 0.259. The van der Waals surface area contributed by atoms with E-state index in [4.69, 9.17) is 25.8 Å². The van der Waals surface area contributed by atoms with E-state index in [0.717, 1.165) is 10.5 Å². The number of likely N-dealkylation sites (N-methyl/N-ethyl adjacent to an activating group) is 1. The lowest BCUT2D eigenvalue weighted by atomic mass is 9.79. The molecule has 36 heavy (non-hydrogen) atoms. The Bertz CT molecular complexity index is 1300. The predicted octanol–water partition coefficient (Wildman–Crippen LogP) is 5.64. The van der Waals surface area contributed by atoms with Crippen LogP contribution in [-0.4, -0.2) is 51.3 Å². The summed E-state index contributed by atoms with van der Waals surface area (Å²) in [6.45, 7) is 0. The molecule has 0 saturated heterocycles. The lowest BCUT2D eigenvalue weighted by molar-refractivity contribution is -0.119. The van der Waals surface area contributed by atoms with Crippen molar-refractivity contribution in [1.29, 1.82) is 0 Å². The topological polar surface area (TPSA) is 77.1 Å². The Balaban J connectivity index is 1.89. The van der Waals surface area contributed by atoms with Crippen LogP contribution in [0.1, 0.15) is 33.4 Å². The number of benzene rings is 3. The van der Waals surface area contributed by atoms with Gasteiger partial charge in [0.15, 0.2) is 11.5 Å². The number of hydrogen-bond acceptors (Lipinski definition) is 6. The van der Waals surface area contributed by atoms with Crippen LogP contribution < -0.4 is 19.5 Å². The number of fused-ring (bicyclic) bond motifs is 1. The van der Waals surface area contributed by atoms with Crippen LogP contribution in [-0.2, 0) is 4.79 Å². The van der Waals surface area contributed by atoms with Crippen molar-refractivity contribution in [1.82, 2.24) is 4.90 Å². The lowest BCUT2D eigenvalue weighted by Gasteiger charge is -2.40. The number of hydrogen-bond donors (Lipinski definition) is 1. The van der Waals surface area contributed by atoms with Gasteiger partial charge in [-0.05, 0) is 59.8 Å². The van der Waals surface area contributed by atoms with E-state index in [1.165, 1.54) is 21.3 Å². The highest BCUT2D eigenvalue weighted by Gasteiger charge is 2.43. The van der Waals surface area contributed by atoms with E-state index in [1.807, 2.05) is 30.5 Å². The summed E-state index contributed by atoms with van der Waals surface area (Å²) in [6, 6.07) is 15.6. The molecule has 1 aliphatic rings. The predicted molar refractivity (Wildman–Crippen MR) is 142 cm³/mol. The van der Waals surface area contributed by atoms with Gasteiger partial charge in [-0.15, -0.1) is 11.8 Å². The summed E-state index contributed by atoms with van der Waals surface area (Å²) >= 11 is 7.82. The molecule has 3 aromatic rings. The first-order chi connectivity index (χ1) is 17.3. The van der Waals surface area contributed by atoms with Crippen LogP contribution in [0.5, 0.6) is 17.2 Å². The number of ether oxygens (including phenoxy) is 3. The van der Waals surface area contributed by atoms with Gasteiger partial charge in [-0.3, -0.25) is 9.59 Å². The van der Waals surface area contributed by atoms with Gasteiger partial charge in [0.1, 0.15) is 5.75 Å².